The molecule has 2 N–H and O–H groups in total. The molecule has 0 aliphatic heterocycles. The van der Waals surface area contributed by atoms with E-state index in [-0.39, 0.29) is 11.2 Å². The van der Waals surface area contributed by atoms with Gasteiger partial charge in [0.15, 0.2) is 17.5 Å². The number of nitrogens with zero attached hydrogens (tertiary/aromatic N) is 4. The maximum Gasteiger partial charge on any atom is 0.332 e. The van der Waals surface area contributed by atoms with E-state index in [1.165, 1.54) is 9.13 Å². The average molecular weight is 366 g/mol. The number of imidazole rings is 1. The monoisotopic (exact) mass is 366 g/mol. The molecule has 0 saturated heterocycles. The molecule has 2 aromatic heterocycles. The Hall–Kier alpha value is -1.93. The highest BCUT2D eigenvalue weighted by atomic mass is 16.5. The highest BCUT2D eigenvalue weighted by molar-refractivity contribution is 5.69. The zero-order chi connectivity index (χ0) is 19.1. The van der Waals surface area contributed by atoms with Crippen LogP contribution >= 0.6 is 0 Å². The second-order valence-corrected chi connectivity index (χ2v) is 6.92. The molecule has 0 spiro atoms. The largest absolute Gasteiger partial charge is 0.368 e. The van der Waals surface area contributed by atoms with Gasteiger partial charge in [0.05, 0.1) is 6.33 Å². The lowest BCUT2D eigenvalue weighted by atomic mass is 10.1. The van der Waals surface area contributed by atoms with Gasteiger partial charge in [0, 0.05) is 20.6 Å². The van der Waals surface area contributed by atoms with Crippen molar-refractivity contribution in [2.24, 2.45) is 14.1 Å². The minimum Gasteiger partial charge on any atom is -0.368 e. The van der Waals surface area contributed by atoms with Crippen molar-refractivity contribution in [1.82, 2.24) is 18.7 Å². The van der Waals surface area contributed by atoms with E-state index in [4.69, 9.17) is 10.2 Å². The number of rotatable bonds is 11. The maximum atomic E-state index is 12.6. The second-order valence-electron chi connectivity index (χ2n) is 6.92. The molecule has 0 fully saturated rings. The molecular formula is C18H30N4O4. The van der Waals surface area contributed by atoms with Gasteiger partial charge in [-0.15, -0.1) is 0 Å². The van der Waals surface area contributed by atoms with Gasteiger partial charge in [-0.1, -0.05) is 38.5 Å². The Morgan fingerprint density at radius 3 is 2.15 bits per heavy atom. The quantitative estimate of drug-likeness (QED) is 0.460. The first kappa shape index (κ1) is 20.4. The fourth-order valence-corrected chi connectivity index (χ4v) is 3.25. The Labute approximate surface area is 152 Å². The molecule has 146 valence electrons. The van der Waals surface area contributed by atoms with Gasteiger partial charge < -0.3 is 14.8 Å². The second kappa shape index (κ2) is 9.68. The van der Waals surface area contributed by atoms with Crippen LogP contribution < -0.4 is 11.2 Å². The van der Waals surface area contributed by atoms with Crippen molar-refractivity contribution in [3.05, 3.63) is 27.2 Å². The van der Waals surface area contributed by atoms with Crippen molar-refractivity contribution in [3.8, 4) is 0 Å². The summed E-state index contributed by atoms with van der Waals surface area (Å²) < 4.78 is 4.40. The summed E-state index contributed by atoms with van der Waals surface area (Å²) in [7, 11) is 3.40. The fourth-order valence-electron chi connectivity index (χ4n) is 3.25. The summed E-state index contributed by atoms with van der Waals surface area (Å²) in [5, 5.41) is 17.5. The number of aryl methyl sites for hydroxylation is 2. The standard InChI is InChI=1S/C18H30N4O4/c1-20-13-19-16-15(20)17(25)22(18(26)21(16)2)12-10-8-6-4-3-5-7-9-11-14(23)24/h13-14,23-24H,3-12H2,1-2H3. The highest BCUT2D eigenvalue weighted by Crippen LogP contribution is 2.11. The lowest BCUT2D eigenvalue weighted by Gasteiger charge is -2.08. The molecule has 0 bridgehead atoms. The normalized spacial score (nSPS) is 11.7. The van der Waals surface area contributed by atoms with Gasteiger partial charge in [0.1, 0.15) is 0 Å². The molecule has 2 rings (SSSR count). The summed E-state index contributed by atoms with van der Waals surface area (Å²) in [6.45, 7) is 0.432. The van der Waals surface area contributed by atoms with E-state index in [0.717, 1.165) is 51.4 Å². The van der Waals surface area contributed by atoms with E-state index in [1.54, 1.807) is 25.0 Å². The smallest absolute Gasteiger partial charge is 0.332 e. The first-order valence-corrected chi connectivity index (χ1v) is 9.40. The number of hydrogen-bond donors (Lipinski definition) is 2. The molecule has 0 saturated carbocycles. The zero-order valence-electron chi connectivity index (χ0n) is 15.7. The van der Waals surface area contributed by atoms with Crippen molar-refractivity contribution >= 4 is 11.2 Å². The molecule has 0 amide bonds. The maximum absolute atomic E-state index is 12.6. The third-order valence-electron chi connectivity index (χ3n) is 4.80. The average Bonchev–Trinajstić information content (AvgIpc) is 2.99. The molecule has 2 heterocycles. The number of unbranched alkanes of at least 4 members (excludes halogenated alkanes) is 7. The fraction of sp³-hybridized carbons (Fsp3) is 0.722. The lowest BCUT2D eigenvalue weighted by molar-refractivity contribution is -0.0466. The molecule has 0 aromatic carbocycles. The summed E-state index contributed by atoms with van der Waals surface area (Å²) in [5.74, 6) is 0. The minimum atomic E-state index is -1.18. The summed E-state index contributed by atoms with van der Waals surface area (Å²) in [4.78, 5) is 29.0. The van der Waals surface area contributed by atoms with Crippen LogP contribution in [0.1, 0.15) is 57.8 Å². The summed E-state index contributed by atoms with van der Waals surface area (Å²) in [6, 6.07) is 0. The van der Waals surface area contributed by atoms with Gasteiger partial charge in [0.2, 0.25) is 0 Å². The summed E-state index contributed by atoms with van der Waals surface area (Å²) in [5.41, 5.74) is 0.300. The first-order valence-electron chi connectivity index (χ1n) is 9.40. The van der Waals surface area contributed by atoms with Crippen molar-refractivity contribution in [2.75, 3.05) is 0 Å². The van der Waals surface area contributed by atoms with Crippen molar-refractivity contribution < 1.29 is 10.2 Å². The van der Waals surface area contributed by atoms with E-state index in [9.17, 15) is 9.59 Å². The van der Waals surface area contributed by atoms with Crippen molar-refractivity contribution in [2.45, 2.75) is 70.6 Å². The third kappa shape index (κ3) is 5.04. The van der Waals surface area contributed by atoms with Crippen LogP contribution in [0.4, 0.5) is 0 Å². The first-order chi connectivity index (χ1) is 12.4. The molecule has 0 radical (unpaired) electrons. The molecule has 0 atom stereocenters. The number of aliphatic hydroxyl groups is 2. The molecule has 8 nitrogen and oxygen atoms in total. The van der Waals surface area contributed by atoms with Crippen LogP contribution in [0.2, 0.25) is 0 Å². The van der Waals surface area contributed by atoms with Crippen LogP contribution in [0.25, 0.3) is 11.2 Å². The Bertz CT molecular complexity index is 819. The Morgan fingerprint density at radius 2 is 1.54 bits per heavy atom. The molecular weight excluding hydrogens is 336 g/mol. The zero-order valence-corrected chi connectivity index (χ0v) is 15.7. The SMILES string of the molecule is Cn1cnc2c1c(=O)n(CCCCCCCCCCC(O)O)c(=O)n2C. The molecule has 0 aliphatic rings. The molecule has 8 heteroatoms. The Kier molecular flexibility index (Phi) is 7.59. The number of aliphatic hydroxyl groups excluding tert-OH is 1. The van der Waals surface area contributed by atoms with E-state index in [0.29, 0.717) is 24.1 Å². The van der Waals surface area contributed by atoms with Crippen molar-refractivity contribution in [3.63, 3.8) is 0 Å². The number of aromatic nitrogens is 4. The highest BCUT2D eigenvalue weighted by Gasteiger charge is 2.14. The van der Waals surface area contributed by atoms with Crippen LogP contribution in [0.15, 0.2) is 15.9 Å². The molecule has 0 aliphatic carbocycles. The number of hydrogen-bond acceptors (Lipinski definition) is 5. The van der Waals surface area contributed by atoms with E-state index >= 15 is 0 Å². The molecule has 0 unspecified atom stereocenters. The van der Waals surface area contributed by atoms with Gasteiger partial charge >= 0.3 is 5.69 Å². The summed E-state index contributed by atoms with van der Waals surface area (Å²) >= 11 is 0. The van der Waals surface area contributed by atoms with E-state index in [2.05, 4.69) is 4.98 Å². The minimum absolute atomic E-state index is 0.269. The Balaban J connectivity index is 1.76. The molecule has 2 aromatic rings. The van der Waals surface area contributed by atoms with Crippen LogP contribution in [0.3, 0.4) is 0 Å². The predicted molar refractivity (Wildman–Crippen MR) is 100.0 cm³/mol. The van der Waals surface area contributed by atoms with Gasteiger partial charge in [-0.3, -0.25) is 13.9 Å². The van der Waals surface area contributed by atoms with Crippen LogP contribution in [0, 0.1) is 0 Å². The van der Waals surface area contributed by atoms with Gasteiger partial charge in [-0.05, 0) is 19.3 Å². The van der Waals surface area contributed by atoms with Crippen molar-refractivity contribution in [1.29, 1.82) is 0 Å². The van der Waals surface area contributed by atoms with Gasteiger partial charge in [0.25, 0.3) is 5.56 Å². The van der Waals surface area contributed by atoms with Crippen LogP contribution in [-0.2, 0) is 20.6 Å². The molecule has 26 heavy (non-hydrogen) atoms. The van der Waals surface area contributed by atoms with E-state index < -0.39 is 6.29 Å². The summed E-state index contributed by atoms with van der Waals surface area (Å²) in [6.07, 6.45) is 8.89. The third-order valence-corrected chi connectivity index (χ3v) is 4.80. The van der Waals surface area contributed by atoms with E-state index in [1.807, 2.05) is 0 Å². The predicted octanol–water partition coefficient (Wildman–Crippen LogP) is 1.26. The van der Waals surface area contributed by atoms with Crippen LogP contribution in [-0.4, -0.2) is 35.2 Å². The Morgan fingerprint density at radius 1 is 0.962 bits per heavy atom. The van der Waals surface area contributed by atoms with Gasteiger partial charge in [-0.2, -0.15) is 0 Å². The van der Waals surface area contributed by atoms with Crippen LogP contribution in [0.5, 0.6) is 0 Å². The number of fused-ring (bicyclic) bond motifs is 1. The topological polar surface area (TPSA) is 102 Å². The lowest BCUT2D eigenvalue weighted by Crippen LogP contribution is -2.39. The van der Waals surface area contributed by atoms with Gasteiger partial charge in [-0.25, -0.2) is 9.78 Å².